The number of carbonyl (C=O) groups excluding carboxylic acids is 2. The van der Waals surface area contributed by atoms with Crippen LogP contribution in [-0.4, -0.2) is 16.0 Å². The fraction of sp³-hybridized carbons (Fsp3) is 0.0714. The van der Waals surface area contributed by atoms with E-state index in [-0.39, 0.29) is 17.7 Å². The summed E-state index contributed by atoms with van der Waals surface area (Å²) < 4.78 is 7.60. The summed E-state index contributed by atoms with van der Waals surface area (Å²) in [6.45, 7) is 0.469. The number of amides is 2. The molecule has 0 radical (unpaired) electrons. The van der Waals surface area contributed by atoms with Gasteiger partial charge in [0.15, 0.2) is 0 Å². The fourth-order valence-corrected chi connectivity index (χ4v) is 6.73. The lowest BCUT2D eigenvalue weighted by Crippen LogP contribution is -2.27. The molecule has 4 nitrogen and oxygen atoms in total. The molecule has 1 aliphatic rings. The van der Waals surface area contributed by atoms with E-state index in [0.717, 1.165) is 42.6 Å². The number of hydrogen-bond acceptors (Lipinski definition) is 4. The van der Waals surface area contributed by atoms with Crippen LogP contribution in [0.3, 0.4) is 0 Å². The van der Waals surface area contributed by atoms with E-state index >= 15 is 0 Å². The molecule has 0 spiro atoms. The van der Waals surface area contributed by atoms with Crippen molar-refractivity contribution in [2.45, 2.75) is 13.2 Å². The Kier molecular flexibility index (Phi) is 7.98. The second-order valence-electron chi connectivity index (χ2n) is 8.24. The van der Waals surface area contributed by atoms with Crippen LogP contribution in [0.5, 0.6) is 5.75 Å². The molecule has 4 aromatic carbocycles. The van der Waals surface area contributed by atoms with E-state index in [1.165, 1.54) is 4.90 Å². The summed E-state index contributed by atoms with van der Waals surface area (Å²) in [5.74, 6) is 0.278. The van der Waals surface area contributed by atoms with Gasteiger partial charge in [-0.15, -0.1) is 0 Å². The molecule has 1 heterocycles. The first-order chi connectivity index (χ1) is 17.8. The van der Waals surface area contributed by atoms with Gasteiger partial charge in [0, 0.05) is 10.0 Å². The number of imide groups is 1. The van der Waals surface area contributed by atoms with Crippen molar-refractivity contribution < 1.29 is 14.3 Å². The minimum Gasteiger partial charge on any atom is -0.487 e. The largest absolute Gasteiger partial charge is 0.487 e. The van der Waals surface area contributed by atoms with Gasteiger partial charge in [-0.3, -0.25) is 14.5 Å². The summed E-state index contributed by atoms with van der Waals surface area (Å²) in [6, 6.07) is 23.0. The number of nitrogens with zero attached hydrogens (tertiary/aromatic N) is 1. The second-order valence-corrected chi connectivity index (χ2v) is 11.8. The maximum atomic E-state index is 13.0. The molecule has 4 aromatic rings. The highest BCUT2D eigenvalue weighted by Crippen LogP contribution is 2.39. The number of thioether (sulfide) groups is 1. The molecule has 0 bridgehead atoms. The highest BCUT2D eigenvalue weighted by atomic mass is 79.9. The quantitative estimate of drug-likeness (QED) is 0.191. The molecular formula is C28H17Br2Cl2NO3S. The van der Waals surface area contributed by atoms with Crippen molar-refractivity contribution in [2.24, 2.45) is 0 Å². The molecule has 1 saturated heterocycles. The van der Waals surface area contributed by atoms with E-state index in [1.807, 2.05) is 36.4 Å². The zero-order valence-corrected chi connectivity index (χ0v) is 24.5. The Morgan fingerprint density at radius 1 is 0.892 bits per heavy atom. The lowest BCUT2D eigenvalue weighted by Gasteiger charge is -2.14. The number of rotatable bonds is 6. The Morgan fingerprint density at radius 3 is 2.38 bits per heavy atom. The second kappa shape index (κ2) is 11.2. The van der Waals surface area contributed by atoms with Gasteiger partial charge >= 0.3 is 0 Å². The summed E-state index contributed by atoms with van der Waals surface area (Å²) >= 11 is 20.3. The van der Waals surface area contributed by atoms with E-state index < -0.39 is 0 Å². The third kappa shape index (κ3) is 5.76. The highest BCUT2D eigenvalue weighted by Gasteiger charge is 2.35. The highest BCUT2D eigenvalue weighted by molar-refractivity contribution is 9.11. The van der Waals surface area contributed by atoms with Gasteiger partial charge in [-0.25, -0.2) is 0 Å². The molecule has 0 N–H and O–H groups in total. The lowest BCUT2D eigenvalue weighted by molar-refractivity contribution is -0.123. The maximum Gasteiger partial charge on any atom is 0.293 e. The van der Waals surface area contributed by atoms with E-state index in [9.17, 15) is 9.59 Å². The Bertz CT molecular complexity index is 1560. The molecule has 0 aliphatic carbocycles. The van der Waals surface area contributed by atoms with Gasteiger partial charge in [0.2, 0.25) is 0 Å². The van der Waals surface area contributed by atoms with Crippen LogP contribution in [0.2, 0.25) is 10.0 Å². The smallest absolute Gasteiger partial charge is 0.293 e. The first-order valence-electron chi connectivity index (χ1n) is 11.1. The van der Waals surface area contributed by atoms with E-state index in [2.05, 4.69) is 50.1 Å². The predicted molar refractivity (Wildman–Crippen MR) is 158 cm³/mol. The Balaban J connectivity index is 1.34. The molecule has 1 fully saturated rings. The molecule has 0 aromatic heterocycles. The lowest BCUT2D eigenvalue weighted by atomic mass is 10.1. The van der Waals surface area contributed by atoms with Crippen molar-refractivity contribution in [1.82, 2.24) is 4.90 Å². The number of benzene rings is 4. The monoisotopic (exact) mass is 675 g/mol. The number of hydrogen-bond donors (Lipinski definition) is 0. The first kappa shape index (κ1) is 26.3. The van der Waals surface area contributed by atoms with Gasteiger partial charge in [-0.1, -0.05) is 71.7 Å². The Morgan fingerprint density at radius 2 is 1.62 bits per heavy atom. The van der Waals surface area contributed by atoms with Crippen molar-refractivity contribution in [3.05, 3.63) is 113 Å². The van der Waals surface area contributed by atoms with Crippen LogP contribution in [0.25, 0.3) is 16.8 Å². The van der Waals surface area contributed by atoms with E-state index in [4.69, 9.17) is 27.9 Å². The van der Waals surface area contributed by atoms with Crippen LogP contribution in [0.1, 0.15) is 16.7 Å². The average molecular weight is 678 g/mol. The zero-order chi connectivity index (χ0) is 26.1. The average Bonchev–Trinajstić information content (AvgIpc) is 3.12. The third-order valence-electron chi connectivity index (χ3n) is 5.79. The summed E-state index contributed by atoms with van der Waals surface area (Å²) in [5.41, 5.74) is 2.47. The van der Waals surface area contributed by atoms with Crippen LogP contribution < -0.4 is 4.74 Å². The molecule has 2 amide bonds. The SMILES string of the molecule is O=C1S/C(=C\c2cc(Br)c(OCc3cccc4ccccc34)c(Br)c2)C(=O)N1Cc1ccc(Cl)cc1Cl. The first-order valence-corrected chi connectivity index (χ1v) is 14.2. The third-order valence-corrected chi connectivity index (χ3v) is 8.46. The molecule has 37 heavy (non-hydrogen) atoms. The van der Waals surface area contributed by atoms with Gasteiger partial charge in [-0.2, -0.15) is 0 Å². The van der Waals surface area contributed by atoms with Crippen molar-refractivity contribution in [3.63, 3.8) is 0 Å². The molecular weight excluding hydrogens is 661 g/mol. The van der Waals surface area contributed by atoms with Gasteiger partial charge in [0.05, 0.1) is 20.4 Å². The van der Waals surface area contributed by atoms with E-state index in [0.29, 0.717) is 32.9 Å². The molecule has 5 rings (SSSR count). The van der Waals surface area contributed by atoms with Crippen molar-refractivity contribution in [2.75, 3.05) is 0 Å². The van der Waals surface area contributed by atoms with Crippen molar-refractivity contribution in [3.8, 4) is 5.75 Å². The van der Waals surface area contributed by atoms with E-state index in [1.54, 1.807) is 24.3 Å². The van der Waals surface area contributed by atoms with Crippen molar-refractivity contribution >= 4 is 94.8 Å². The van der Waals surface area contributed by atoms with Crippen LogP contribution in [0, 0.1) is 0 Å². The number of halogens is 4. The topological polar surface area (TPSA) is 46.6 Å². The van der Waals surface area contributed by atoms with Gasteiger partial charge in [-0.05, 0) is 101 Å². The fourth-order valence-electron chi connectivity index (χ4n) is 3.98. The minimum atomic E-state index is -0.371. The number of fused-ring (bicyclic) bond motifs is 1. The molecule has 0 atom stereocenters. The Hall–Kier alpha value is -2.29. The van der Waals surface area contributed by atoms with Crippen LogP contribution in [-0.2, 0) is 17.9 Å². The summed E-state index contributed by atoms with van der Waals surface area (Å²) in [4.78, 5) is 27.1. The van der Waals surface area contributed by atoms with Gasteiger partial charge in [0.1, 0.15) is 12.4 Å². The molecule has 1 aliphatic heterocycles. The number of carbonyl (C=O) groups is 2. The summed E-state index contributed by atoms with van der Waals surface area (Å²) in [7, 11) is 0. The van der Waals surface area contributed by atoms with Crippen molar-refractivity contribution in [1.29, 1.82) is 0 Å². The summed E-state index contributed by atoms with van der Waals surface area (Å²) in [6.07, 6.45) is 1.69. The predicted octanol–water partition coefficient (Wildman–Crippen LogP) is 9.49. The van der Waals surface area contributed by atoms with Gasteiger partial charge < -0.3 is 4.74 Å². The minimum absolute atomic E-state index is 0.0757. The summed E-state index contributed by atoms with van der Waals surface area (Å²) in [5, 5.41) is 2.84. The molecule has 0 unspecified atom stereocenters. The molecule has 0 saturated carbocycles. The normalized spacial score (nSPS) is 14.7. The zero-order valence-electron chi connectivity index (χ0n) is 19.0. The molecule has 186 valence electrons. The van der Waals surface area contributed by atoms with Crippen LogP contribution >= 0.6 is 66.8 Å². The van der Waals surface area contributed by atoms with Crippen LogP contribution in [0.15, 0.2) is 86.6 Å². The molecule has 9 heteroatoms. The van der Waals surface area contributed by atoms with Crippen LogP contribution in [0.4, 0.5) is 4.79 Å². The van der Waals surface area contributed by atoms with Gasteiger partial charge in [0.25, 0.3) is 11.1 Å². The number of ether oxygens (including phenoxy) is 1. The standard InChI is InChI=1S/C28H17Br2Cl2NO3S/c29-22-10-16(11-23(30)26(22)36-15-19-6-3-5-17-4-1-2-7-21(17)19)12-25-27(34)33(28(35)37-25)14-18-8-9-20(31)13-24(18)32/h1-13H,14-15H2/b25-12-. The Labute approximate surface area is 244 Å². The maximum absolute atomic E-state index is 13.0.